The molecule has 25 heavy (non-hydrogen) atoms. The molecule has 0 aliphatic carbocycles. The lowest BCUT2D eigenvalue weighted by atomic mass is 10.1. The van der Waals surface area contributed by atoms with Crippen molar-refractivity contribution in [2.24, 2.45) is 0 Å². The summed E-state index contributed by atoms with van der Waals surface area (Å²) >= 11 is 6.17. The van der Waals surface area contributed by atoms with E-state index in [0.717, 1.165) is 6.42 Å². The molecule has 2 rings (SSSR count). The summed E-state index contributed by atoms with van der Waals surface area (Å²) in [4.78, 5) is 24.3. The predicted molar refractivity (Wildman–Crippen MR) is 101 cm³/mol. The Morgan fingerprint density at radius 3 is 2.56 bits per heavy atom. The van der Waals surface area contributed by atoms with Gasteiger partial charge in [-0.1, -0.05) is 30.7 Å². The molecule has 0 spiro atoms. The minimum atomic E-state index is -0.331. The van der Waals surface area contributed by atoms with Gasteiger partial charge >= 0.3 is 0 Å². The Bertz CT molecular complexity index is 762. The molecule has 132 valence electrons. The van der Waals surface area contributed by atoms with E-state index in [1.807, 2.05) is 13.8 Å². The maximum atomic E-state index is 12.6. The van der Waals surface area contributed by atoms with E-state index >= 15 is 0 Å². The molecule has 6 heteroatoms. The van der Waals surface area contributed by atoms with Gasteiger partial charge < -0.3 is 15.4 Å². The molecular weight excluding hydrogens is 340 g/mol. The number of ether oxygens (including phenoxy) is 1. The van der Waals surface area contributed by atoms with Gasteiger partial charge in [-0.2, -0.15) is 0 Å². The molecule has 0 atom stereocenters. The second-order valence-corrected chi connectivity index (χ2v) is 5.78. The number of rotatable bonds is 7. The molecule has 0 radical (unpaired) electrons. The summed E-state index contributed by atoms with van der Waals surface area (Å²) in [5.74, 6) is 0.0952. The number of carbonyl (C=O) groups is 2. The Hall–Kier alpha value is -2.53. The zero-order valence-corrected chi connectivity index (χ0v) is 15.0. The molecular formula is C19H21ClN2O3. The first-order valence-corrected chi connectivity index (χ1v) is 8.55. The van der Waals surface area contributed by atoms with E-state index in [2.05, 4.69) is 10.6 Å². The van der Waals surface area contributed by atoms with Crippen LogP contribution in [0.5, 0.6) is 5.75 Å². The number of para-hydroxylation sites is 1. The van der Waals surface area contributed by atoms with Crippen molar-refractivity contribution >= 4 is 34.8 Å². The Balaban J connectivity index is 2.19. The molecule has 2 aromatic carbocycles. The summed E-state index contributed by atoms with van der Waals surface area (Å²) < 4.78 is 5.48. The number of hydrogen-bond donors (Lipinski definition) is 2. The molecule has 0 heterocycles. The quantitative estimate of drug-likeness (QED) is 0.750. The van der Waals surface area contributed by atoms with Crippen LogP contribution in [0, 0.1) is 0 Å². The first kappa shape index (κ1) is 18.8. The van der Waals surface area contributed by atoms with Gasteiger partial charge in [0, 0.05) is 12.1 Å². The number of nitrogens with one attached hydrogen (secondary N) is 2. The molecule has 2 amide bonds. The number of benzene rings is 2. The summed E-state index contributed by atoms with van der Waals surface area (Å²) in [6.07, 6.45) is 1.20. The molecule has 2 N–H and O–H groups in total. The fourth-order valence-electron chi connectivity index (χ4n) is 2.27. The van der Waals surface area contributed by atoms with Gasteiger partial charge in [0.15, 0.2) is 0 Å². The van der Waals surface area contributed by atoms with Gasteiger partial charge in [-0.15, -0.1) is 0 Å². The first-order chi connectivity index (χ1) is 12.0. The SMILES string of the molecule is CCCC(=O)Nc1ccc(Cl)c(NC(=O)c2ccccc2OCC)c1. The van der Waals surface area contributed by atoms with Crippen LogP contribution < -0.4 is 15.4 Å². The average Bonchev–Trinajstić information content (AvgIpc) is 2.59. The van der Waals surface area contributed by atoms with Crippen molar-refractivity contribution in [2.75, 3.05) is 17.2 Å². The molecule has 0 aromatic heterocycles. The van der Waals surface area contributed by atoms with Gasteiger partial charge in [-0.3, -0.25) is 9.59 Å². The van der Waals surface area contributed by atoms with Crippen LogP contribution in [0.25, 0.3) is 0 Å². The highest BCUT2D eigenvalue weighted by molar-refractivity contribution is 6.34. The highest BCUT2D eigenvalue weighted by atomic mass is 35.5. The van der Waals surface area contributed by atoms with E-state index in [1.54, 1.807) is 42.5 Å². The Kier molecular flexibility index (Phi) is 6.83. The lowest BCUT2D eigenvalue weighted by Gasteiger charge is -2.13. The number of hydrogen-bond acceptors (Lipinski definition) is 3. The fraction of sp³-hybridized carbons (Fsp3) is 0.263. The number of amides is 2. The van der Waals surface area contributed by atoms with Crippen molar-refractivity contribution in [3.05, 3.63) is 53.1 Å². The van der Waals surface area contributed by atoms with Crippen LogP contribution in [-0.2, 0) is 4.79 Å². The summed E-state index contributed by atoms with van der Waals surface area (Å²) in [5, 5.41) is 5.94. The second-order valence-electron chi connectivity index (χ2n) is 5.38. The Morgan fingerprint density at radius 1 is 1.08 bits per heavy atom. The van der Waals surface area contributed by atoms with Crippen LogP contribution in [0.1, 0.15) is 37.0 Å². The maximum Gasteiger partial charge on any atom is 0.259 e. The zero-order valence-electron chi connectivity index (χ0n) is 14.3. The standard InChI is InChI=1S/C19H21ClN2O3/c1-3-7-18(23)21-13-10-11-15(20)16(12-13)22-19(24)14-8-5-6-9-17(14)25-4-2/h5-6,8-12H,3-4,7H2,1-2H3,(H,21,23)(H,22,24). The third-order valence-electron chi connectivity index (χ3n) is 3.41. The molecule has 2 aromatic rings. The van der Waals surface area contributed by atoms with Crippen LogP contribution in [0.3, 0.4) is 0 Å². The minimum absolute atomic E-state index is 0.0798. The normalized spacial score (nSPS) is 10.2. The molecule has 5 nitrogen and oxygen atoms in total. The molecule has 0 saturated heterocycles. The molecule has 0 saturated carbocycles. The van der Waals surface area contributed by atoms with Gasteiger partial charge in [-0.05, 0) is 43.7 Å². The Labute approximate surface area is 152 Å². The fourth-order valence-corrected chi connectivity index (χ4v) is 2.44. The lowest BCUT2D eigenvalue weighted by molar-refractivity contribution is -0.116. The van der Waals surface area contributed by atoms with E-state index in [0.29, 0.717) is 40.7 Å². The minimum Gasteiger partial charge on any atom is -0.493 e. The van der Waals surface area contributed by atoms with Crippen molar-refractivity contribution in [1.29, 1.82) is 0 Å². The van der Waals surface area contributed by atoms with E-state index in [-0.39, 0.29) is 11.8 Å². The van der Waals surface area contributed by atoms with Crippen molar-refractivity contribution in [1.82, 2.24) is 0 Å². The summed E-state index contributed by atoms with van der Waals surface area (Å²) in [6.45, 7) is 4.25. The van der Waals surface area contributed by atoms with Gasteiger partial charge in [-0.25, -0.2) is 0 Å². The van der Waals surface area contributed by atoms with E-state index in [9.17, 15) is 9.59 Å². The summed E-state index contributed by atoms with van der Waals surface area (Å²) in [7, 11) is 0. The van der Waals surface area contributed by atoms with Crippen molar-refractivity contribution in [3.63, 3.8) is 0 Å². The second kappa shape index (κ2) is 9.08. The monoisotopic (exact) mass is 360 g/mol. The number of anilines is 2. The van der Waals surface area contributed by atoms with Crippen LogP contribution >= 0.6 is 11.6 Å². The van der Waals surface area contributed by atoms with Crippen LogP contribution in [0.15, 0.2) is 42.5 Å². The van der Waals surface area contributed by atoms with Gasteiger partial charge in [0.05, 0.1) is 22.9 Å². The third-order valence-corrected chi connectivity index (χ3v) is 3.74. The Morgan fingerprint density at radius 2 is 1.84 bits per heavy atom. The average molecular weight is 361 g/mol. The highest BCUT2D eigenvalue weighted by Gasteiger charge is 2.14. The summed E-state index contributed by atoms with van der Waals surface area (Å²) in [5.41, 5.74) is 1.42. The van der Waals surface area contributed by atoms with Crippen molar-refractivity contribution in [2.45, 2.75) is 26.7 Å². The first-order valence-electron chi connectivity index (χ1n) is 8.17. The largest absolute Gasteiger partial charge is 0.493 e. The summed E-state index contributed by atoms with van der Waals surface area (Å²) in [6, 6.07) is 11.9. The molecule has 0 bridgehead atoms. The van der Waals surface area contributed by atoms with E-state index < -0.39 is 0 Å². The molecule has 0 aliphatic rings. The predicted octanol–water partition coefficient (Wildman–Crippen LogP) is 4.73. The van der Waals surface area contributed by atoms with Crippen LogP contribution in [0.4, 0.5) is 11.4 Å². The van der Waals surface area contributed by atoms with Gasteiger partial charge in [0.1, 0.15) is 5.75 Å². The zero-order chi connectivity index (χ0) is 18.2. The van der Waals surface area contributed by atoms with E-state index in [4.69, 9.17) is 16.3 Å². The van der Waals surface area contributed by atoms with Crippen LogP contribution in [-0.4, -0.2) is 18.4 Å². The molecule has 0 unspecified atom stereocenters. The molecule has 0 aliphatic heterocycles. The lowest BCUT2D eigenvalue weighted by Crippen LogP contribution is -2.15. The van der Waals surface area contributed by atoms with Gasteiger partial charge in [0.2, 0.25) is 5.91 Å². The highest BCUT2D eigenvalue weighted by Crippen LogP contribution is 2.27. The van der Waals surface area contributed by atoms with Crippen molar-refractivity contribution < 1.29 is 14.3 Å². The number of halogens is 1. The third kappa shape index (κ3) is 5.22. The topological polar surface area (TPSA) is 67.4 Å². The van der Waals surface area contributed by atoms with Crippen molar-refractivity contribution in [3.8, 4) is 5.75 Å². The van der Waals surface area contributed by atoms with Crippen LogP contribution in [0.2, 0.25) is 5.02 Å². The maximum absolute atomic E-state index is 12.6. The van der Waals surface area contributed by atoms with E-state index in [1.165, 1.54) is 0 Å². The molecule has 0 fully saturated rings. The van der Waals surface area contributed by atoms with Gasteiger partial charge in [0.25, 0.3) is 5.91 Å². The smallest absolute Gasteiger partial charge is 0.259 e. The number of carbonyl (C=O) groups excluding carboxylic acids is 2.